The number of nitrogens with one attached hydrogen (secondary N) is 3. The number of hydrogen-bond donors (Lipinski definition) is 4. The van der Waals surface area contributed by atoms with Crippen LogP contribution in [0.3, 0.4) is 0 Å². The molecule has 2 saturated carbocycles. The first-order valence-electron chi connectivity index (χ1n) is 14.1. The van der Waals surface area contributed by atoms with Crippen molar-refractivity contribution in [2.75, 3.05) is 13.2 Å². The number of pyridine rings is 1. The van der Waals surface area contributed by atoms with Gasteiger partial charge < -0.3 is 21.7 Å². The van der Waals surface area contributed by atoms with Crippen molar-refractivity contribution in [3.63, 3.8) is 0 Å². The molecule has 0 spiro atoms. The number of hydrogen-bond acceptors (Lipinski definition) is 10. The van der Waals surface area contributed by atoms with Gasteiger partial charge in [0, 0.05) is 42.3 Å². The zero-order valence-electron chi connectivity index (χ0n) is 22.9. The number of nitrogens with two attached hydrogens (primary N) is 1. The second kappa shape index (κ2) is 11.5. The molecular formula is C28H33F2N9O2S. The molecule has 3 aromatic heterocycles. The number of rotatable bonds is 10. The van der Waals surface area contributed by atoms with E-state index in [1.165, 1.54) is 18.5 Å². The summed E-state index contributed by atoms with van der Waals surface area (Å²) in [6, 6.07) is 6.69. The Morgan fingerprint density at radius 1 is 1.10 bits per heavy atom. The Hall–Kier alpha value is -3.75. The number of allylic oxidation sites excluding steroid dienone is 1. The third-order valence-electron chi connectivity index (χ3n) is 7.83. The summed E-state index contributed by atoms with van der Waals surface area (Å²) in [5, 5.41) is 13.7. The smallest absolute Gasteiger partial charge is 0.256 e. The van der Waals surface area contributed by atoms with Gasteiger partial charge in [0.25, 0.3) is 10.0 Å². The lowest BCUT2D eigenvalue weighted by Gasteiger charge is -2.36. The molecule has 2 aliphatic carbocycles. The van der Waals surface area contributed by atoms with Crippen LogP contribution < -0.4 is 21.7 Å². The fraction of sp³-hybridized carbons (Fsp3) is 0.429. The van der Waals surface area contributed by atoms with E-state index in [0.29, 0.717) is 47.6 Å². The minimum absolute atomic E-state index is 0.124. The molecule has 1 atom stereocenters. The normalized spacial score (nSPS) is 24.5. The van der Waals surface area contributed by atoms with E-state index < -0.39 is 33.6 Å². The van der Waals surface area contributed by atoms with Crippen LogP contribution in [0.5, 0.6) is 0 Å². The van der Waals surface area contributed by atoms with Crippen molar-refractivity contribution < 1.29 is 17.2 Å². The first kappa shape index (κ1) is 28.4. The van der Waals surface area contributed by atoms with Gasteiger partial charge in [-0.25, -0.2) is 27.8 Å². The minimum Gasteiger partial charge on any atom is -0.382 e. The Labute approximate surface area is 242 Å². The van der Waals surface area contributed by atoms with Crippen LogP contribution in [0.15, 0.2) is 60.8 Å². The van der Waals surface area contributed by atoms with Crippen LogP contribution >= 0.6 is 0 Å². The number of alkyl halides is 1. The summed E-state index contributed by atoms with van der Waals surface area (Å²) >= 11 is 0. The SMILES string of the molecule is NC1(c2ccnc(-c3cnn(S(=O)(=O)C4CC4)c3)n2)C=C(NC2CCC(NCCF)CC2)C(c2cccc(F)n2)=CN1. The Morgan fingerprint density at radius 3 is 2.62 bits per heavy atom. The summed E-state index contributed by atoms with van der Waals surface area (Å²) in [4.78, 5) is 13.1. The third-order valence-corrected chi connectivity index (χ3v) is 9.86. The van der Waals surface area contributed by atoms with Crippen molar-refractivity contribution in [1.29, 1.82) is 0 Å². The van der Waals surface area contributed by atoms with E-state index in [1.807, 2.05) is 0 Å². The molecule has 1 aliphatic heterocycles. The zero-order valence-corrected chi connectivity index (χ0v) is 23.7. The predicted octanol–water partition coefficient (Wildman–Crippen LogP) is 2.31. The molecule has 222 valence electrons. The van der Waals surface area contributed by atoms with Crippen molar-refractivity contribution in [1.82, 2.24) is 40.1 Å². The Morgan fingerprint density at radius 2 is 1.88 bits per heavy atom. The average Bonchev–Trinajstić information content (AvgIpc) is 3.74. The van der Waals surface area contributed by atoms with Crippen LogP contribution in [0.1, 0.15) is 49.9 Å². The van der Waals surface area contributed by atoms with Crippen molar-refractivity contribution in [3.8, 4) is 11.4 Å². The third kappa shape index (κ3) is 5.92. The van der Waals surface area contributed by atoms with E-state index in [2.05, 4.69) is 36.0 Å². The van der Waals surface area contributed by atoms with Gasteiger partial charge in [0.1, 0.15) is 6.67 Å². The van der Waals surface area contributed by atoms with Gasteiger partial charge in [0.15, 0.2) is 11.5 Å². The molecule has 2 fully saturated rings. The second-order valence-corrected chi connectivity index (χ2v) is 13.0. The molecule has 0 radical (unpaired) electrons. The maximum atomic E-state index is 14.1. The summed E-state index contributed by atoms with van der Waals surface area (Å²) < 4.78 is 52.9. The molecule has 3 aromatic rings. The Bertz CT molecular complexity index is 1610. The fourth-order valence-electron chi connectivity index (χ4n) is 5.38. The topological polar surface area (TPSA) is 153 Å². The van der Waals surface area contributed by atoms with Crippen LogP contribution in [-0.2, 0) is 15.7 Å². The molecule has 14 heteroatoms. The minimum atomic E-state index is -3.53. The molecule has 6 rings (SSSR count). The molecule has 3 aliphatic rings. The first-order valence-corrected chi connectivity index (χ1v) is 15.6. The number of halogens is 2. The molecule has 5 N–H and O–H groups in total. The van der Waals surface area contributed by atoms with Gasteiger partial charge in [0.05, 0.1) is 34.6 Å². The van der Waals surface area contributed by atoms with Gasteiger partial charge >= 0.3 is 0 Å². The van der Waals surface area contributed by atoms with Crippen molar-refractivity contribution in [3.05, 3.63) is 78.2 Å². The Balaban J connectivity index is 1.28. The summed E-state index contributed by atoms with van der Waals surface area (Å²) in [7, 11) is -3.53. The van der Waals surface area contributed by atoms with Gasteiger partial charge in [-0.2, -0.15) is 13.6 Å². The van der Waals surface area contributed by atoms with Crippen molar-refractivity contribution >= 4 is 15.6 Å². The van der Waals surface area contributed by atoms with Crippen molar-refractivity contribution in [2.24, 2.45) is 5.73 Å². The van der Waals surface area contributed by atoms with Crippen LogP contribution in [0.4, 0.5) is 8.78 Å². The van der Waals surface area contributed by atoms with E-state index in [0.717, 1.165) is 29.8 Å². The van der Waals surface area contributed by atoms with Gasteiger partial charge in [-0.15, -0.1) is 0 Å². The van der Waals surface area contributed by atoms with Crippen molar-refractivity contribution in [2.45, 2.75) is 61.5 Å². The number of aromatic nitrogens is 5. The monoisotopic (exact) mass is 597 g/mol. The molecular weight excluding hydrogens is 564 g/mol. The van der Waals surface area contributed by atoms with E-state index in [-0.39, 0.29) is 17.9 Å². The second-order valence-electron chi connectivity index (χ2n) is 10.9. The van der Waals surface area contributed by atoms with Gasteiger partial charge in [-0.05, 0) is 62.8 Å². The molecule has 11 nitrogen and oxygen atoms in total. The molecule has 0 amide bonds. The van der Waals surface area contributed by atoms with E-state index in [9.17, 15) is 17.2 Å². The highest BCUT2D eigenvalue weighted by Gasteiger charge is 2.38. The molecule has 1 unspecified atom stereocenters. The summed E-state index contributed by atoms with van der Waals surface area (Å²) in [6.45, 7) is -0.0382. The van der Waals surface area contributed by atoms with E-state index in [4.69, 9.17) is 5.73 Å². The lowest BCUT2D eigenvalue weighted by atomic mass is 9.89. The molecule has 42 heavy (non-hydrogen) atoms. The predicted molar refractivity (Wildman–Crippen MR) is 153 cm³/mol. The quantitative estimate of drug-likeness (QED) is 0.256. The van der Waals surface area contributed by atoms with Crippen LogP contribution in [0.2, 0.25) is 0 Å². The van der Waals surface area contributed by atoms with Crippen LogP contribution in [0.25, 0.3) is 17.0 Å². The first-order chi connectivity index (χ1) is 20.2. The fourth-order valence-corrected chi connectivity index (χ4v) is 6.86. The maximum absolute atomic E-state index is 14.1. The molecule has 4 heterocycles. The summed E-state index contributed by atoms with van der Waals surface area (Å²) in [5.41, 5.74) is 8.25. The molecule has 0 aromatic carbocycles. The number of nitrogens with zero attached hydrogens (tertiary/aromatic N) is 5. The highest BCUT2D eigenvalue weighted by atomic mass is 32.2. The van der Waals surface area contributed by atoms with Crippen LogP contribution in [0, 0.1) is 5.95 Å². The van der Waals surface area contributed by atoms with Gasteiger partial charge in [0.2, 0.25) is 5.95 Å². The van der Waals surface area contributed by atoms with E-state index in [1.54, 1.807) is 36.7 Å². The summed E-state index contributed by atoms with van der Waals surface area (Å²) in [6.07, 6.45) is 12.7. The lowest BCUT2D eigenvalue weighted by Crippen LogP contribution is -2.50. The Kier molecular flexibility index (Phi) is 7.77. The van der Waals surface area contributed by atoms with Gasteiger partial charge in [-0.3, -0.25) is 0 Å². The largest absolute Gasteiger partial charge is 0.382 e. The lowest BCUT2D eigenvalue weighted by molar-refractivity contribution is 0.311. The van der Waals surface area contributed by atoms with E-state index >= 15 is 0 Å². The molecule has 0 bridgehead atoms. The molecule has 0 saturated heterocycles. The highest BCUT2D eigenvalue weighted by molar-refractivity contribution is 7.90. The standard InChI is InChI=1S/C28H33F2N9O2S/c29-11-13-32-19-4-6-20(7-5-19)36-24-14-28(31,34-16-22(24)23-2-1-3-26(30)37-23)25-10-12-33-27(38-25)18-15-35-39(17-18)42(40,41)21-8-9-21/h1-3,10,12,14-17,19-21,32,34,36H,4-9,11,13,31H2. The average molecular weight is 598 g/mol. The van der Waals surface area contributed by atoms with Crippen LogP contribution in [-0.4, -0.2) is 63.1 Å². The zero-order chi connectivity index (χ0) is 29.3. The highest BCUT2D eigenvalue weighted by Crippen LogP contribution is 2.32. The maximum Gasteiger partial charge on any atom is 0.256 e. The summed E-state index contributed by atoms with van der Waals surface area (Å²) in [5.74, 6) is -0.318. The van der Waals surface area contributed by atoms with Gasteiger partial charge in [-0.1, -0.05) is 6.07 Å². The number of dihydropyridines is 1.